The molecule has 1 atom stereocenters. The van der Waals surface area contributed by atoms with Crippen molar-refractivity contribution in [3.05, 3.63) is 65.0 Å². The van der Waals surface area contributed by atoms with Crippen LogP contribution in [-0.4, -0.2) is 12.2 Å². The lowest BCUT2D eigenvalue weighted by atomic mass is 10.1. The van der Waals surface area contributed by atoms with Crippen molar-refractivity contribution in [2.24, 2.45) is 0 Å². The van der Waals surface area contributed by atoms with E-state index in [1.807, 2.05) is 37.4 Å². The molecule has 1 N–H and O–H groups in total. The molecular weight excluding hydrogens is 285 g/mol. The molecule has 2 rings (SSSR count). The molecule has 0 fully saturated rings. The van der Waals surface area contributed by atoms with E-state index in [0.717, 1.165) is 5.56 Å². The van der Waals surface area contributed by atoms with Crippen molar-refractivity contribution >= 4 is 17.7 Å². The lowest BCUT2D eigenvalue weighted by Gasteiger charge is -2.15. The number of amides is 1. The summed E-state index contributed by atoms with van der Waals surface area (Å²) >= 11 is 1.67. The van der Waals surface area contributed by atoms with Crippen LogP contribution < -0.4 is 5.32 Å². The van der Waals surface area contributed by atoms with Crippen molar-refractivity contribution in [2.75, 3.05) is 6.26 Å². The summed E-state index contributed by atoms with van der Waals surface area (Å²) in [6.45, 7) is 3.59. The quantitative estimate of drug-likeness (QED) is 0.851. The summed E-state index contributed by atoms with van der Waals surface area (Å²) in [5.74, 6) is -0.630. The molecule has 0 saturated heterocycles. The normalized spacial score (nSPS) is 12.0. The highest BCUT2D eigenvalue weighted by molar-refractivity contribution is 7.98. The third-order valence-corrected chi connectivity index (χ3v) is 4.14. The van der Waals surface area contributed by atoms with E-state index >= 15 is 0 Å². The first-order valence-corrected chi connectivity index (χ1v) is 7.94. The van der Waals surface area contributed by atoms with Crippen molar-refractivity contribution in [1.82, 2.24) is 5.32 Å². The van der Waals surface area contributed by atoms with Gasteiger partial charge in [0.1, 0.15) is 5.82 Å². The van der Waals surface area contributed by atoms with Crippen LogP contribution in [0.2, 0.25) is 0 Å². The molecule has 0 bridgehead atoms. The van der Waals surface area contributed by atoms with Crippen LogP contribution in [0.4, 0.5) is 4.39 Å². The van der Waals surface area contributed by atoms with Crippen LogP contribution in [0.3, 0.4) is 0 Å². The SMILES string of the molecule is CSc1ccc(C(C)NC(=O)c2ccc(C)c(F)c2)cc1. The Kier molecular flexibility index (Phi) is 5.02. The number of hydrogen-bond donors (Lipinski definition) is 1. The van der Waals surface area contributed by atoms with Gasteiger partial charge in [0.05, 0.1) is 6.04 Å². The number of rotatable bonds is 4. The van der Waals surface area contributed by atoms with Gasteiger partial charge in [-0.3, -0.25) is 4.79 Å². The summed E-state index contributed by atoms with van der Waals surface area (Å²) < 4.78 is 13.5. The highest BCUT2D eigenvalue weighted by atomic mass is 32.2. The predicted octanol–water partition coefficient (Wildman–Crippen LogP) is 4.35. The summed E-state index contributed by atoms with van der Waals surface area (Å²) in [7, 11) is 0. The number of halogens is 1. The van der Waals surface area contributed by atoms with E-state index in [1.54, 1.807) is 30.8 Å². The average molecular weight is 303 g/mol. The van der Waals surface area contributed by atoms with Gasteiger partial charge in [0, 0.05) is 10.5 Å². The summed E-state index contributed by atoms with van der Waals surface area (Å²) in [6.07, 6.45) is 2.02. The number of hydrogen-bond acceptors (Lipinski definition) is 2. The number of carbonyl (C=O) groups excluding carboxylic acids is 1. The minimum atomic E-state index is -0.361. The molecule has 0 saturated carbocycles. The van der Waals surface area contributed by atoms with E-state index in [1.165, 1.54) is 11.0 Å². The van der Waals surface area contributed by atoms with E-state index in [0.29, 0.717) is 11.1 Å². The first kappa shape index (κ1) is 15.6. The zero-order chi connectivity index (χ0) is 15.4. The molecular formula is C17H18FNOS. The largest absolute Gasteiger partial charge is 0.346 e. The molecule has 0 heterocycles. The zero-order valence-electron chi connectivity index (χ0n) is 12.3. The van der Waals surface area contributed by atoms with E-state index in [9.17, 15) is 9.18 Å². The van der Waals surface area contributed by atoms with Crippen LogP contribution in [0.1, 0.15) is 34.5 Å². The summed E-state index contributed by atoms with van der Waals surface area (Å²) in [5.41, 5.74) is 1.90. The number of nitrogens with one attached hydrogen (secondary N) is 1. The Morgan fingerprint density at radius 1 is 1.19 bits per heavy atom. The Balaban J connectivity index is 2.08. The Labute approximate surface area is 128 Å². The van der Waals surface area contributed by atoms with Gasteiger partial charge in [-0.2, -0.15) is 0 Å². The highest BCUT2D eigenvalue weighted by Crippen LogP contribution is 2.19. The monoisotopic (exact) mass is 303 g/mol. The topological polar surface area (TPSA) is 29.1 Å². The summed E-state index contributed by atoms with van der Waals surface area (Å²) in [4.78, 5) is 13.3. The predicted molar refractivity (Wildman–Crippen MR) is 85.2 cm³/mol. The minimum absolute atomic E-state index is 0.127. The molecule has 0 spiro atoms. The average Bonchev–Trinajstić information content (AvgIpc) is 2.50. The fourth-order valence-electron chi connectivity index (χ4n) is 1.99. The number of carbonyl (C=O) groups is 1. The number of aryl methyl sites for hydroxylation is 1. The maximum atomic E-state index is 13.5. The molecule has 0 aliphatic rings. The molecule has 0 aromatic heterocycles. The summed E-state index contributed by atoms with van der Waals surface area (Å²) in [6, 6.07) is 12.4. The molecule has 2 nitrogen and oxygen atoms in total. The minimum Gasteiger partial charge on any atom is -0.346 e. The van der Waals surface area contributed by atoms with Gasteiger partial charge < -0.3 is 5.32 Å². The lowest BCUT2D eigenvalue weighted by molar-refractivity contribution is 0.0939. The number of benzene rings is 2. The summed E-state index contributed by atoms with van der Waals surface area (Å²) in [5, 5.41) is 2.88. The van der Waals surface area contributed by atoms with Gasteiger partial charge in [0.15, 0.2) is 0 Å². The van der Waals surface area contributed by atoms with E-state index in [4.69, 9.17) is 0 Å². The molecule has 1 amide bonds. The first-order chi connectivity index (χ1) is 10.0. The molecule has 0 radical (unpaired) electrons. The van der Waals surface area contributed by atoms with E-state index < -0.39 is 0 Å². The lowest BCUT2D eigenvalue weighted by Crippen LogP contribution is -2.26. The Morgan fingerprint density at radius 2 is 1.86 bits per heavy atom. The van der Waals surface area contributed by atoms with Gasteiger partial charge in [-0.25, -0.2) is 4.39 Å². The second-order valence-electron chi connectivity index (χ2n) is 4.93. The third kappa shape index (κ3) is 3.85. The van der Waals surface area contributed by atoms with Gasteiger partial charge in [-0.05, 0) is 55.5 Å². The fraction of sp³-hybridized carbons (Fsp3) is 0.235. The second-order valence-corrected chi connectivity index (χ2v) is 5.81. The highest BCUT2D eigenvalue weighted by Gasteiger charge is 2.12. The molecule has 21 heavy (non-hydrogen) atoms. The molecule has 110 valence electrons. The van der Waals surface area contributed by atoms with Gasteiger partial charge in [-0.1, -0.05) is 18.2 Å². The molecule has 4 heteroatoms. The van der Waals surface area contributed by atoms with Crippen LogP contribution in [0.15, 0.2) is 47.4 Å². The first-order valence-electron chi connectivity index (χ1n) is 6.72. The third-order valence-electron chi connectivity index (χ3n) is 3.40. The van der Waals surface area contributed by atoms with Crippen molar-refractivity contribution in [3.8, 4) is 0 Å². The maximum Gasteiger partial charge on any atom is 0.251 e. The standard InChI is InChI=1S/C17H18FNOS/c1-11-4-5-14(10-16(11)18)17(20)19-12(2)13-6-8-15(21-3)9-7-13/h4-10,12H,1-3H3,(H,19,20). The van der Waals surface area contributed by atoms with Crippen molar-refractivity contribution < 1.29 is 9.18 Å². The molecule has 1 unspecified atom stereocenters. The molecule has 2 aromatic rings. The van der Waals surface area contributed by atoms with Crippen LogP contribution >= 0.6 is 11.8 Å². The maximum absolute atomic E-state index is 13.5. The Hall–Kier alpha value is -1.81. The smallest absolute Gasteiger partial charge is 0.251 e. The van der Waals surface area contributed by atoms with Crippen molar-refractivity contribution in [2.45, 2.75) is 24.8 Å². The molecule has 2 aromatic carbocycles. The second kappa shape index (κ2) is 6.76. The zero-order valence-corrected chi connectivity index (χ0v) is 13.1. The van der Waals surface area contributed by atoms with Crippen molar-refractivity contribution in [3.63, 3.8) is 0 Å². The van der Waals surface area contributed by atoms with E-state index in [-0.39, 0.29) is 17.8 Å². The van der Waals surface area contributed by atoms with Gasteiger partial charge in [0.2, 0.25) is 0 Å². The Morgan fingerprint density at radius 3 is 2.43 bits per heavy atom. The Bertz CT molecular complexity index is 640. The molecule has 0 aliphatic carbocycles. The van der Waals surface area contributed by atoms with Crippen LogP contribution in [-0.2, 0) is 0 Å². The number of thioether (sulfide) groups is 1. The van der Waals surface area contributed by atoms with Crippen LogP contribution in [0, 0.1) is 12.7 Å². The van der Waals surface area contributed by atoms with Gasteiger partial charge in [-0.15, -0.1) is 11.8 Å². The van der Waals surface area contributed by atoms with Crippen LogP contribution in [0.25, 0.3) is 0 Å². The molecule has 0 aliphatic heterocycles. The van der Waals surface area contributed by atoms with Crippen molar-refractivity contribution in [1.29, 1.82) is 0 Å². The van der Waals surface area contributed by atoms with Crippen LogP contribution in [0.5, 0.6) is 0 Å². The van der Waals surface area contributed by atoms with Gasteiger partial charge >= 0.3 is 0 Å². The van der Waals surface area contributed by atoms with Gasteiger partial charge in [0.25, 0.3) is 5.91 Å². The van der Waals surface area contributed by atoms with E-state index in [2.05, 4.69) is 5.32 Å². The fourth-order valence-corrected chi connectivity index (χ4v) is 2.40.